The van der Waals surface area contributed by atoms with Gasteiger partial charge in [-0.05, 0) is 43.2 Å². The predicted octanol–water partition coefficient (Wildman–Crippen LogP) is 6.65. The summed E-state index contributed by atoms with van der Waals surface area (Å²) in [4.78, 5) is 11.2. The van der Waals surface area contributed by atoms with Crippen LogP contribution in [0.2, 0.25) is 6.04 Å². The molecule has 1 rings (SSSR count). The number of benzene rings is 1. The molecule has 0 aliphatic heterocycles. The van der Waals surface area contributed by atoms with Crippen LogP contribution in [0.25, 0.3) is 6.08 Å². The molecule has 0 spiro atoms. The fourth-order valence-electron chi connectivity index (χ4n) is 2.56. The van der Waals surface area contributed by atoms with Crippen LogP contribution in [0.3, 0.4) is 0 Å². The minimum Gasteiger partial charge on any atom is -0.490 e. The van der Waals surface area contributed by atoms with Crippen molar-refractivity contribution in [2.75, 3.05) is 20.3 Å². The van der Waals surface area contributed by atoms with Crippen LogP contribution < -0.4 is 9.47 Å². The fraction of sp³-hybridized carbons (Fsp3) is 0.550. The summed E-state index contributed by atoms with van der Waals surface area (Å²) in [6.45, 7) is 3.11. The van der Waals surface area contributed by atoms with Crippen molar-refractivity contribution in [1.29, 1.82) is 0 Å². The highest BCUT2D eigenvalue weighted by Gasteiger charge is 2.23. The maximum Gasteiger partial charge on any atom is 0.341 e. The first-order chi connectivity index (χ1) is 13.4. The van der Waals surface area contributed by atoms with E-state index in [1.54, 1.807) is 6.08 Å². The van der Waals surface area contributed by atoms with E-state index in [9.17, 15) is 4.79 Å². The van der Waals surface area contributed by atoms with Gasteiger partial charge in [0.25, 0.3) is 0 Å². The second kappa shape index (κ2) is 14.2. The Morgan fingerprint density at radius 1 is 1.00 bits per heavy atom. The van der Waals surface area contributed by atoms with Crippen molar-refractivity contribution in [3.8, 4) is 11.5 Å². The highest BCUT2D eigenvalue weighted by atomic mass is 35.8. The van der Waals surface area contributed by atoms with Crippen LogP contribution in [0.5, 0.6) is 11.5 Å². The molecule has 0 bridgehead atoms. The summed E-state index contributed by atoms with van der Waals surface area (Å²) in [6.07, 6.45) is 9.51. The van der Waals surface area contributed by atoms with Gasteiger partial charge in [-0.1, -0.05) is 38.2 Å². The molecule has 0 fully saturated rings. The molecule has 0 saturated heterocycles. The number of rotatable bonds is 14. The van der Waals surface area contributed by atoms with Crippen LogP contribution >= 0.6 is 33.2 Å². The monoisotopic (exact) mass is 466 g/mol. The minimum atomic E-state index is -2.45. The van der Waals surface area contributed by atoms with E-state index in [-0.39, 0.29) is 0 Å². The van der Waals surface area contributed by atoms with E-state index >= 15 is 0 Å². The largest absolute Gasteiger partial charge is 0.490 e. The highest BCUT2D eigenvalue weighted by Crippen LogP contribution is 2.30. The van der Waals surface area contributed by atoms with Gasteiger partial charge in [0.15, 0.2) is 11.5 Å². The lowest BCUT2D eigenvalue weighted by atomic mass is 10.1. The van der Waals surface area contributed by atoms with Crippen LogP contribution in [0.1, 0.15) is 51.0 Å². The summed E-state index contributed by atoms with van der Waals surface area (Å²) in [5, 5.41) is 0. The molecular formula is C20H29Cl3O4Si. The SMILES string of the molecule is CCOc1ccc(/C=C/C(=O)OC)cc1OCCCCCCCC[Si](Cl)(Cl)Cl. The maximum absolute atomic E-state index is 11.2. The van der Waals surface area contributed by atoms with E-state index in [4.69, 9.17) is 42.7 Å². The lowest BCUT2D eigenvalue weighted by molar-refractivity contribution is -0.134. The van der Waals surface area contributed by atoms with Crippen LogP contribution in [0.4, 0.5) is 0 Å². The Morgan fingerprint density at radius 3 is 2.32 bits per heavy atom. The molecule has 0 saturated carbocycles. The molecule has 0 atom stereocenters. The van der Waals surface area contributed by atoms with Gasteiger partial charge in [-0.25, -0.2) is 4.79 Å². The summed E-state index contributed by atoms with van der Waals surface area (Å²) < 4.78 is 16.1. The van der Waals surface area contributed by atoms with Crippen molar-refractivity contribution in [2.45, 2.75) is 51.5 Å². The number of ether oxygens (including phenoxy) is 3. The Labute approximate surface area is 183 Å². The topological polar surface area (TPSA) is 44.8 Å². The van der Waals surface area contributed by atoms with E-state index in [1.807, 2.05) is 25.1 Å². The zero-order valence-electron chi connectivity index (χ0n) is 16.5. The van der Waals surface area contributed by atoms with Crippen molar-refractivity contribution in [3.05, 3.63) is 29.8 Å². The average Bonchev–Trinajstić information content (AvgIpc) is 2.65. The first kappa shape index (κ1) is 25.2. The van der Waals surface area contributed by atoms with Crippen LogP contribution in [0, 0.1) is 0 Å². The van der Waals surface area contributed by atoms with Crippen LogP contribution in [-0.2, 0) is 9.53 Å². The Kier molecular flexibility index (Phi) is 12.7. The molecule has 1 aromatic rings. The molecule has 4 nitrogen and oxygen atoms in total. The van der Waals surface area contributed by atoms with Crippen molar-refractivity contribution >= 4 is 51.3 Å². The zero-order chi connectivity index (χ0) is 20.8. The highest BCUT2D eigenvalue weighted by molar-refractivity contribution is 7.64. The number of carbonyl (C=O) groups is 1. The van der Waals surface area contributed by atoms with Gasteiger partial charge < -0.3 is 14.2 Å². The third-order valence-corrected chi connectivity index (χ3v) is 6.61. The number of carbonyl (C=O) groups excluding carboxylic acids is 1. The molecule has 0 unspecified atom stereocenters. The molecule has 158 valence electrons. The van der Waals surface area contributed by atoms with Gasteiger partial charge in [0.2, 0.25) is 0 Å². The number of methoxy groups -OCH3 is 1. The lowest BCUT2D eigenvalue weighted by Gasteiger charge is -2.13. The van der Waals surface area contributed by atoms with Gasteiger partial charge in [-0.15, -0.1) is 33.2 Å². The van der Waals surface area contributed by atoms with Crippen LogP contribution in [-0.4, -0.2) is 32.3 Å². The molecule has 28 heavy (non-hydrogen) atoms. The zero-order valence-corrected chi connectivity index (χ0v) is 19.8. The quantitative estimate of drug-likeness (QED) is 0.101. The Balaban J connectivity index is 2.38. The van der Waals surface area contributed by atoms with E-state index in [0.717, 1.165) is 50.1 Å². The van der Waals surface area contributed by atoms with Crippen molar-refractivity contribution < 1.29 is 19.0 Å². The Hall–Kier alpha value is -0.883. The molecule has 0 aromatic heterocycles. The van der Waals surface area contributed by atoms with Gasteiger partial charge in [0, 0.05) is 6.08 Å². The van der Waals surface area contributed by atoms with Crippen molar-refractivity contribution in [2.24, 2.45) is 0 Å². The normalized spacial score (nSPS) is 11.6. The van der Waals surface area contributed by atoms with E-state index in [1.165, 1.54) is 13.2 Å². The molecule has 0 N–H and O–H groups in total. The molecule has 8 heteroatoms. The van der Waals surface area contributed by atoms with Gasteiger partial charge in [0.05, 0.1) is 20.3 Å². The third kappa shape index (κ3) is 11.8. The average molecular weight is 468 g/mol. The van der Waals surface area contributed by atoms with Gasteiger partial charge >= 0.3 is 12.0 Å². The second-order valence-electron chi connectivity index (χ2n) is 6.33. The van der Waals surface area contributed by atoms with Crippen molar-refractivity contribution in [3.63, 3.8) is 0 Å². The molecule has 0 radical (unpaired) electrons. The molecule has 0 aliphatic carbocycles. The predicted molar refractivity (Wildman–Crippen MR) is 120 cm³/mol. The van der Waals surface area contributed by atoms with E-state index in [0.29, 0.717) is 24.7 Å². The molecule has 0 amide bonds. The molecular weight excluding hydrogens is 439 g/mol. The van der Waals surface area contributed by atoms with Gasteiger partial charge in [0.1, 0.15) is 0 Å². The summed E-state index contributed by atoms with van der Waals surface area (Å²) in [5.74, 6) is 0.989. The first-order valence-corrected chi connectivity index (χ1v) is 14.8. The number of unbranched alkanes of at least 4 members (excludes halogenated alkanes) is 5. The number of esters is 1. The summed E-state index contributed by atoms with van der Waals surface area (Å²) in [7, 11) is 1.35. The summed E-state index contributed by atoms with van der Waals surface area (Å²) >= 11 is 17.6. The fourth-order valence-corrected chi connectivity index (χ4v) is 4.42. The first-order valence-electron chi connectivity index (χ1n) is 9.58. The molecule has 0 heterocycles. The van der Waals surface area contributed by atoms with Crippen LogP contribution in [0.15, 0.2) is 24.3 Å². The number of hydrogen-bond donors (Lipinski definition) is 0. The van der Waals surface area contributed by atoms with Gasteiger partial charge in [-0.2, -0.15) is 0 Å². The molecule has 0 aliphatic rings. The van der Waals surface area contributed by atoms with Gasteiger partial charge in [-0.3, -0.25) is 0 Å². The Morgan fingerprint density at radius 2 is 1.68 bits per heavy atom. The minimum absolute atomic E-state index is 0.396. The standard InChI is InChI=1S/C20H29Cl3O4Si/c1-3-26-18-12-10-17(11-13-20(24)25-2)16-19(18)27-14-8-6-4-5-7-9-15-28(21,22)23/h10-13,16H,3-9,14-15H2,1-2H3/b13-11+. The summed E-state index contributed by atoms with van der Waals surface area (Å²) in [6, 6.07) is 3.87. The lowest BCUT2D eigenvalue weighted by Crippen LogP contribution is -2.07. The summed E-state index contributed by atoms with van der Waals surface area (Å²) in [5.41, 5.74) is 0.848. The van der Waals surface area contributed by atoms with E-state index < -0.39 is 12.0 Å². The smallest absolute Gasteiger partial charge is 0.341 e. The molecule has 1 aromatic carbocycles. The number of hydrogen-bond acceptors (Lipinski definition) is 4. The third-order valence-electron chi connectivity index (χ3n) is 3.99. The second-order valence-corrected chi connectivity index (χ2v) is 15.6. The maximum atomic E-state index is 11.2. The van der Waals surface area contributed by atoms with Crippen molar-refractivity contribution in [1.82, 2.24) is 0 Å². The Bertz CT molecular complexity index is 618. The van der Waals surface area contributed by atoms with E-state index in [2.05, 4.69) is 4.74 Å². The number of halogens is 3.